The third-order valence-corrected chi connectivity index (χ3v) is 8.48. The lowest BCUT2D eigenvalue weighted by molar-refractivity contribution is -0.121. The molecule has 0 unspecified atom stereocenters. The summed E-state index contributed by atoms with van der Waals surface area (Å²) >= 11 is 1.36. The van der Waals surface area contributed by atoms with Crippen LogP contribution in [-0.2, 0) is 9.53 Å². The number of carbonyl (C=O) groups is 1. The van der Waals surface area contributed by atoms with E-state index >= 15 is 0 Å². The Hall–Kier alpha value is -2.13. The van der Waals surface area contributed by atoms with Crippen LogP contribution in [0.4, 0.5) is 10.3 Å². The smallest absolute Gasteiger partial charge is 0.233 e. The molecule has 1 aliphatic heterocycles. The van der Waals surface area contributed by atoms with Crippen molar-refractivity contribution in [2.45, 2.75) is 56.0 Å². The van der Waals surface area contributed by atoms with Crippen LogP contribution < -0.4 is 10.2 Å². The number of hydrogen-bond acceptors (Lipinski definition) is 6. The van der Waals surface area contributed by atoms with Gasteiger partial charge in [0.05, 0.1) is 24.2 Å². The van der Waals surface area contributed by atoms with Crippen molar-refractivity contribution in [3.8, 4) is 5.69 Å². The fourth-order valence-corrected chi connectivity index (χ4v) is 6.59. The molecule has 178 valence electrons. The van der Waals surface area contributed by atoms with Crippen LogP contribution in [0.2, 0.25) is 0 Å². The Morgan fingerprint density at radius 3 is 2.73 bits per heavy atom. The summed E-state index contributed by atoms with van der Waals surface area (Å²) in [5.74, 6) is 2.55. The van der Waals surface area contributed by atoms with Gasteiger partial charge in [0.25, 0.3) is 0 Å². The highest BCUT2D eigenvalue weighted by molar-refractivity contribution is 8.00. The second-order valence-corrected chi connectivity index (χ2v) is 10.9. The summed E-state index contributed by atoms with van der Waals surface area (Å²) in [4.78, 5) is 15.1. The van der Waals surface area contributed by atoms with Crippen LogP contribution in [-0.4, -0.2) is 58.3 Å². The number of benzene rings is 1. The van der Waals surface area contributed by atoms with Crippen molar-refractivity contribution in [2.75, 3.05) is 31.2 Å². The number of thioether (sulfide) groups is 1. The van der Waals surface area contributed by atoms with Gasteiger partial charge in [-0.25, -0.2) is 4.39 Å². The fourth-order valence-electron chi connectivity index (χ4n) is 5.71. The maximum atomic E-state index is 14.1. The number of hydrogen-bond donors (Lipinski definition) is 1. The molecule has 2 saturated carbocycles. The third kappa shape index (κ3) is 4.75. The normalized spacial score (nSPS) is 26.4. The molecule has 2 bridgehead atoms. The number of fused-ring (bicyclic) bond motifs is 2. The summed E-state index contributed by atoms with van der Waals surface area (Å²) in [7, 11) is 0. The van der Waals surface area contributed by atoms with Crippen LogP contribution in [0, 0.1) is 23.6 Å². The van der Waals surface area contributed by atoms with Gasteiger partial charge < -0.3 is 15.0 Å². The number of nitrogens with one attached hydrogen (secondary N) is 1. The molecular formula is C24H32FN5O2S. The number of rotatable bonds is 7. The number of anilines is 1. The van der Waals surface area contributed by atoms with Gasteiger partial charge in [0.1, 0.15) is 5.82 Å². The quantitative estimate of drug-likeness (QED) is 0.619. The van der Waals surface area contributed by atoms with Crippen LogP contribution in [0.1, 0.15) is 39.5 Å². The Balaban J connectivity index is 1.32. The first kappa shape index (κ1) is 22.7. The lowest BCUT2D eigenvalue weighted by Crippen LogP contribution is -2.43. The maximum absolute atomic E-state index is 14.1. The number of morpholine rings is 1. The number of ether oxygens (including phenoxy) is 1. The van der Waals surface area contributed by atoms with Gasteiger partial charge in [-0.2, -0.15) is 0 Å². The highest BCUT2D eigenvalue weighted by Gasteiger charge is 2.42. The van der Waals surface area contributed by atoms with E-state index in [1.54, 1.807) is 6.07 Å². The lowest BCUT2D eigenvalue weighted by Gasteiger charge is -2.29. The minimum absolute atomic E-state index is 0.0111. The molecule has 1 amide bonds. The van der Waals surface area contributed by atoms with E-state index in [0.29, 0.717) is 49.0 Å². The number of nitrogens with zero attached hydrogens (tertiary/aromatic N) is 4. The first-order valence-electron chi connectivity index (χ1n) is 12.0. The first-order valence-corrected chi connectivity index (χ1v) is 12.9. The molecular weight excluding hydrogens is 441 g/mol. The Morgan fingerprint density at radius 2 is 2.03 bits per heavy atom. The summed E-state index contributed by atoms with van der Waals surface area (Å²) in [6.07, 6.45) is 5.23. The molecule has 5 rings (SSSR count). The number of carbonyl (C=O) groups excluding carboxylic acids is 1. The largest absolute Gasteiger partial charge is 0.378 e. The Bertz CT molecular complexity index is 995. The van der Waals surface area contributed by atoms with Crippen LogP contribution in [0.25, 0.3) is 5.69 Å². The SMILES string of the molecule is C[C@H](Sc1nnc(N2CCOCC2)n1-c1cccc(F)c1)C(=O)N[C@@H](C)[C@@H]1C[C@H]2CC[C@H]1C2. The highest BCUT2D eigenvalue weighted by atomic mass is 32.2. The first-order chi connectivity index (χ1) is 16.0. The van der Waals surface area contributed by atoms with Crippen molar-refractivity contribution in [2.24, 2.45) is 17.8 Å². The molecule has 2 aromatic rings. The van der Waals surface area contributed by atoms with E-state index in [2.05, 4.69) is 27.3 Å². The highest BCUT2D eigenvalue weighted by Crippen LogP contribution is 2.49. The zero-order valence-electron chi connectivity index (χ0n) is 19.2. The van der Waals surface area contributed by atoms with E-state index in [1.807, 2.05) is 17.6 Å². The van der Waals surface area contributed by atoms with Crippen molar-refractivity contribution in [3.05, 3.63) is 30.1 Å². The number of aromatic nitrogens is 3. The van der Waals surface area contributed by atoms with Gasteiger partial charge in [0, 0.05) is 19.1 Å². The van der Waals surface area contributed by atoms with Crippen LogP contribution in [0.15, 0.2) is 29.4 Å². The summed E-state index contributed by atoms with van der Waals surface area (Å²) in [6, 6.07) is 6.58. The van der Waals surface area contributed by atoms with E-state index in [0.717, 1.165) is 11.8 Å². The minimum atomic E-state index is -0.347. The minimum Gasteiger partial charge on any atom is -0.378 e. The molecule has 7 nitrogen and oxygen atoms in total. The standard InChI is InChI=1S/C24H32FN5O2S/c1-15(21-13-17-6-7-18(21)12-17)26-22(31)16(2)33-24-28-27-23(29-8-10-32-11-9-29)30(24)20-5-3-4-19(25)14-20/h3-5,14-18,21H,6-13H2,1-2H3,(H,26,31)/t15-,16-,17-,18-,21-/m0/s1. The molecule has 2 aliphatic carbocycles. The molecule has 1 aromatic carbocycles. The maximum Gasteiger partial charge on any atom is 0.233 e. The summed E-state index contributed by atoms with van der Waals surface area (Å²) in [6.45, 7) is 6.64. The Kier molecular flexibility index (Phi) is 6.60. The fraction of sp³-hybridized carbons (Fsp3) is 0.625. The molecule has 1 saturated heterocycles. The van der Waals surface area contributed by atoms with E-state index in [-0.39, 0.29) is 23.0 Å². The number of halogens is 1. The predicted octanol–water partition coefficient (Wildman–Crippen LogP) is 3.66. The Labute approximate surface area is 198 Å². The average Bonchev–Trinajstić information content (AvgIpc) is 3.55. The molecule has 2 heterocycles. The van der Waals surface area contributed by atoms with Crippen LogP contribution in [0.5, 0.6) is 0 Å². The van der Waals surface area contributed by atoms with Crippen molar-refractivity contribution >= 4 is 23.6 Å². The average molecular weight is 474 g/mol. The summed E-state index contributed by atoms with van der Waals surface area (Å²) in [5.41, 5.74) is 0.645. The van der Waals surface area contributed by atoms with E-state index in [4.69, 9.17) is 4.74 Å². The number of amides is 1. The van der Waals surface area contributed by atoms with Crippen molar-refractivity contribution in [3.63, 3.8) is 0 Å². The third-order valence-electron chi connectivity index (χ3n) is 7.43. The van der Waals surface area contributed by atoms with Gasteiger partial charge in [0.15, 0.2) is 5.16 Å². The molecule has 0 radical (unpaired) electrons. The van der Waals surface area contributed by atoms with Gasteiger partial charge >= 0.3 is 0 Å². The van der Waals surface area contributed by atoms with Crippen molar-refractivity contribution in [1.82, 2.24) is 20.1 Å². The van der Waals surface area contributed by atoms with Gasteiger partial charge in [0.2, 0.25) is 11.9 Å². The Morgan fingerprint density at radius 1 is 1.21 bits per heavy atom. The molecule has 1 aromatic heterocycles. The zero-order valence-corrected chi connectivity index (χ0v) is 20.1. The molecule has 3 aliphatic rings. The predicted molar refractivity (Wildman–Crippen MR) is 126 cm³/mol. The van der Waals surface area contributed by atoms with E-state index in [9.17, 15) is 9.18 Å². The molecule has 1 N–H and O–H groups in total. The topological polar surface area (TPSA) is 72.3 Å². The summed E-state index contributed by atoms with van der Waals surface area (Å²) in [5, 5.41) is 12.3. The zero-order chi connectivity index (χ0) is 22.9. The van der Waals surface area contributed by atoms with Gasteiger partial charge in [-0.05, 0) is 69.1 Å². The van der Waals surface area contributed by atoms with E-state index < -0.39 is 0 Å². The lowest BCUT2D eigenvalue weighted by atomic mass is 9.84. The van der Waals surface area contributed by atoms with Gasteiger partial charge in [-0.1, -0.05) is 24.2 Å². The van der Waals surface area contributed by atoms with E-state index in [1.165, 1.54) is 49.6 Å². The molecule has 5 atom stereocenters. The van der Waals surface area contributed by atoms with Gasteiger partial charge in [-0.15, -0.1) is 10.2 Å². The van der Waals surface area contributed by atoms with Gasteiger partial charge in [-0.3, -0.25) is 9.36 Å². The second-order valence-electron chi connectivity index (χ2n) is 9.59. The second kappa shape index (κ2) is 9.62. The molecule has 9 heteroatoms. The van der Waals surface area contributed by atoms with Crippen LogP contribution in [0.3, 0.4) is 0 Å². The van der Waals surface area contributed by atoms with Crippen molar-refractivity contribution < 1.29 is 13.9 Å². The molecule has 33 heavy (non-hydrogen) atoms. The molecule has 3 fully saturated rings. The van der Waals surface area contributed by atoms with Crippen molar-refractivity contribution in [1.29, 1.82) is 0 Å². The summed E-state index contributed by atoms with van der Waals surface area (Å²) < 4.78 is 21.4. The van der Waals surface area contributed by atoms with Crippen LogP contribution >= 0.6 is 11.8 Å². The molecule has 0 spiro atoms. The monoisotopic (exact) mass is 473 g/mol.